The molecule has 14 heavy (non-hydrogen) atoms. The normalized spacial score (nSPS) is 17.0. The highest BCUT2D eigenvalue weighted by molar-refractivity contribution is 9.10. The number of carbonyl (C=O) groups is 1. The van der Waals surface area contributed by atoms with Crippen LogP contribution in [0.4, 0.5) is 10.1 Å². The van der Waals surface area contributed by atoms with Crippen molar-refractivity contribution in [3.05, 3.63) is 28.0 Å². The third-order valence-electron chi connectivity index (χ3n) is 1.92. The Kier molecular flexibility index (Phi) is 1.99. The van der Waals surface area contributed by atoms with Crippen molar-refractivity contribution in [2.24, 2.45) is 10.9 Å². The SMILES string of the molecule is NN=C1C(=O)Nc2c(F)ccc(Br)c21. The van der Waals surface area contributed by atoms with Crippen LogP contribution in [0.2, 0.25) is 0 Å². The molecular formula is C8H5BrFN3O. The topological polar surface area (TPSA) is 67.5 Å². The third kappa shape index (κ3) is 1.11. The van der Waals surface area contributed by atoms with Gasteiger partial charge < -0.3 is 11.2 Å². The van der Waals surface area contributed by atoms with E-state index in [-0.39, 0.29) is 11.4 Å². The number of hydrogen-bond acceptors (Lipinski definition) is 3. The Bertz CT molecular complexity index is 458. The molecule has 1 aliphatic rings. The molecule has 0 aliphatic carbocycles. The van der Waals surface area contributed by atoms with E-state index in [2.05, 4.69) is 26.3 Å². The van der Waals surface area contributed by atoms with Crippen LogP contribution in [-0.2, 0) is 4.79 Å². The lowest BCUT2D eigenvalue weighted by Crippen LogP contribution is -2.16. The minimum atomic E-state index is -0.504. The minimum Gasteiger partial charge on any atom is -0.322 e. The first-order chi connectivity index (χ1) is 6.65. The lowest BCUT2D eigenvalue weighted by Gasteiger charge is -2.01. The highest BCUT2D eigenvalue weighted by Gasteiger charge is 2.30. The summed E-state index contributed by atoms with van der Waals surface area (Å²) < 4.78 is 13.8. The second-order valence-electron chi connectivity index (χ2n) is 2.71. The Balaban J connectivity index is 2.75. The zero-order chi connectivity index (χ0) is 10.3. The van der Waals surface area contributed by atoms with Crippen LogP contribution in [-0.4, -0.2) is 11.6 Å². The van der Waals surface area contributed by atoms with E-state index in [4.69, 9.17) is 5.84 Å². The van der Waals surface area contributed by atoms with Crippen molar-refractivity contribution in [1.29, 1.82) is 0 Å². The van der Waals surface area contributed by atoms with Crippen LogP contribution in [0.25, 0.3) is 0 Å². The Hall–Kier alpha value is -1.43. The average Bonchev–Trinajstić information content (AvgIpc) is 2.50. The molecule has 0 saturated heterocycles. The number of carbonyl (C=O) groups excluding carboxylic acids is 1. The number of anilines is 1. The van der Waals surface area contributed by atoms with E-state index < -0.39 is 11.7 Å². The van der Waals surface area contributed by atoms with Crippen LogP contribution in [0.1, 0.15) is 5.56 Å². The summed E-state index contributed by atoms with van der Waals surface area (Å²) in [6, 6.07) is 2.75. The summed E-state index contributed by atoms with van der Waals surface area (Å²) in [6.07, 6.45) is 0. The summed E-state index contributed by atoms with van der Waals surface area (Å²) in [5, 5.41) is 5.67. The molecule has 3 N–H and O–H groups in total. The molecule has 0 fully saturated rings. The molecule has 0 aromatic heterocycles. The lowest BCUT2D eigenvalue weighted by molar-refractivity contribution is -0.110. The number of benzene rings is 1. The molecule has 1 aliphatic heterocycles. The van der Waals surface area contributed by atoms with Gasteiger partial charge >= 0.3 is 0 Å². The van der Waals surface area contributed by atoms with Crippen LogP contribution >= 0.6 is 15.9 Å². The molecule has 6 heteroatoms. The number of hydrazone groups is 1. The Morgan fingerprint density at radius 1 is 1.50 bits per heavy atom. The number of nitrogens with zero attached hydrogens (tertiary/aromatic N) is 1. The van der Waals surface area contributed by atoms with E-state index in [0.717, 1.165) is 0 Å². The molecule has 0 saturated carbocycles. The van der Waals surface area contributed by atoms with Gasteiger partial charge in [-0.05, 0) is 12.1 Å². The maximum absolute atomic E-state index is 13.2. The van der Waals surface area contributed by atoms with Gasteiger partial charge in [-0.1, -0.05) is 15.9 Å². The van der Waals surface area contributed by atoms with E-state index in [0.29, 0.717) is 10.0 Å². The molecule has 72 valence electrons. The number of amides is 1. The maximum atomic E-state index is 13.2. The molecule has 0 atom stereocenters. The first kappa shape index (κ1) is 9.14. The van der Waals surface area contributed by atoms with Crippen molar-refractivity contribution < 1.29 is 9.18 Å². The Labute approximate surface area is 87.1 Å². The van der Waals surface area contributed by atoms with E-state index in [1.807, 2.05) is 0 Å². The summed E-state index contributed by atoms with van der Waals surface area (Å²) in [5.41, 5.74) is 0.525. The van der Waals surface area contributed by atoms with E-state index in [1.54, 1.807) is 0 Å². The predicted octanol–water partition coefficient (Wildman–Crippen LogP) is 1.20. The quantitative estimate of drug-likeness (QED) is 0.542. The van der Waals surface area contributed by atoms with Gasteiger partial charge in [0, 0.05) is 10.0 Å². The minimum absolute atomic E-state index is 0.0337. The summed E-state index contributed by atoms with van der Waals surface area (Å²) in [6.45, 7) is 0. The van der Waals surface area contributed by atoms with Gasteiger partial charge in [-0.2, -0.15) is 5.10 Å². The van der Waals surface area contributed by atoms with Crippen LogP contribution in [0, 0.1) is 5.82 Å². The summed E-state index contributed by atoms with van der Waals surface area (Å²) >= 11 is 3.19. The fourth-order valence-corrected chi connectivity index (χ4v) is 1.83. The first-order valence-corrected chi connectivity index (χ1v) is 4.52. The van der Waals surface area contributed by atoms with E-state index in [1.165, 1.54) is 12.1 Å². The molecule has 4 nitrogen and oxygen atoms in total. The van der Waals surface area contributed by atoms with Crippen molar-refractivity contribution in [1.82, 2.24) is 0 Å². The molecule has 1 heterocycles. The van der Waals surface area contributed by atoms with Gasteiger partial charge in [0.05, 0.1) is 5.69 Å². The second kappa shape index (κ2) is 3.06. The molecular weight excluding hydrogens is 253 g/mol. The van der Waals surface area contributed by atoms with Gasteiger partial charge in [0.15, 0.2) is 5.71 Å². The van der Waals surface area contributed by atoms with Crippen LogP contribution in [0.5, 0.6) is 0 Å². The third-order valence-corrected chi connectivity index (χ3v) is 2.58. The van der Waals surface area contributed by atoms with Crippen LogP contribution in [0.15, 0.2) is 21.7 Å². The fraction of sp³-hybridized carbons (Fsp3) is 0. The van der Waals surface area contributed by atoms with Gasteiger partial charge in [0.2, 0.25) is 0 Å². The largest absolute Gasteiger partial charge is 0.322 e. The maximum Gasteiger partial charge on any atom is 0.276 e. The Morgan fingerprint density at radius 3 is 2.86 bits per heavy atom. The van der Waals surface area contributed by atoms with Crippen LogP contribution in [0.3, 0.4) is 0 Å². The molecule has 1 aromatic carbocycles. The zero-order valence-corrected chi connectivity index (χ0v) is 8.43. The summed E-state index contributed by atoms with van der Waals surface area (Å²) in [5.74, 6) is 4.05. The predicted molar refractivity (Wildman–Crippen MR) is 53.5 cm³/mol. The van der Waals surface area contributed by atoms with Crippen molar-refractivity contribution >= 4 is 33.2 Å². The second-order valence-corrected chi connectivity index (χ2v) is 3.57. The molecule has 1 amide bonds. The van der Waals surface area contributed by atoms with Crippen molar-refractivity contribution in [2.45, 2.75) is 0 Å². The number of nitrogens with two attached hydrogens (primary N) is 1. The number of hydrogen-bond donors (Lipinski definition) is 2. The molecule has 0 radical (unpaired) electrons. The molecule has 0 bridgehead atoms. The lowest BCUT2D eigenvalue weighted by atomic mass is 10.1. The summed E-state index contributed by atoms with van der Waals surface area (Å²) in [4.78, 5) is 11.3. The number of nitrogens with one attached hydrogen (secondary N) is 1. The van der Waals surface area contributed by atoms with Crippen molar-refractivity contribution in [3.63, 3.8) is 0 Å². The van der Waals surface area contributed by atoms with Gasteiger partial charge in [-0.3, -0.25) is 4.79 Å². The smallest absolute Gasteiger partial charge is 0.276 e. The zero-order valence-electron chi connectivity index (χ0n) is 6.84. The Morgan fingerprint density at radius 2 is 2.21 bits per heavy atom. The molecule has 1 aromatic rings. The molecule has 0 spiro atoms. The monoisotopic (exact) mass is 257 g/mol. The highest BCUT2D eigenvalue weighted by Crippen LogP contribution is 2.32. The summed E-state index contributed by atoms with van der Waals surface area (Å²) in [7, 11) is 0. The number of fused-ring (bicyclic) bond motifs is 1. The molecule has 0 unspecified atom stereocenters. The fourth-order valence-electron chi connectivity index (χ4n) is 1.31. The average molecular weight is 258 g/mol. The van der Waals surface area contributed by atoms with Crippen LogP contribution < -0.4 is 11.2 Å². The van der Waals surface area contributed by atoms with Crippen molar-refractivity contribution in [3.8, 4) is 0 Å². The molecule has 2 rings (SSSR count). The van der Waals surface area contributed by atoms with E-state index in [9.17, 15) is 9.18 Å². The number of rotatable bonds is 0. The van der Waals surface area contributed by atoms with E-state index >= 15 is 0 Å². The standard InChI is InChI=1S/C8H5BrFN3O/c9-3-1-2-4(10)6-5(3)7(13-11)8(14)12-6/h1-2H,11H2,(H,12,13,14). The van der Waals surface area contributed by atoms with Crippen molar-refractivity contribution in [2.75, 3.05) is 5.32 Å². The highest BCUT2D eigenvalue weighted by atomic mass is 79.9. The first-order valence-electron chi connectivity index (χ1n) is 3.72. The van der Waals surface area contributed by atoms with Gasteiger partial charge in [0.1, 0.15) is 5.82 Å². The van der Waals surface area contributed by atoms with Gasteiger partial charge in [-0.25, -0.2) is 4.39 Å². The van der Waals surface area contributed by atoms with Gasteiger partial charge in [-0.15, -0.1) is 0 Å². The number of halogens is 2. The van der Waals surface area contributed by atoms with Gasteiger partial charge in [0.25, 0.3) is 5.91 Å².